The predicted molar refractivity (Wildman–Crippen MR) is 88.8 cm³/mol. The molecule has 3 aromatic heterocycles. The van der Waals surface area contributed by atoms with E-state index >= 15 is 0 Å². The van der Waals surface area contributed by atoms with Gasteiger partial charge in [0.05, 0.1) is 34.4 Å². The number of amides is 1. The maximum absolute atomic E-state index is 12.8. The normalized spacial score (nSPS) is 19.3. The van der Waals surface area contributed by atoms with E-state index in [0.717, 1.165) is 0 Å². The Bertz CT molecular complexity index is 1050. The van der Waals surface area contributed by atoms with Crippen LogP contribution in [0.3, 0.4) is 0 Å². The standard InChI is InChI=1S/C16H15N3O5S/c1-9-14-11(15(20)17-10-4-6-25(21,22)8-10)7-12(13-3-2-5-23-13)18-16(14)24-19-9/h2-3,5,7,10H,4,6,8H2,1H3,(H,17,20)/t10-/m0/s1. The summed E-state index contributed by atoms with van der Waals surface area (Å²) >= 11 is 0. The second-order valence-corrected chi connectivity index (χ2v) is 8.28. The van der Waals surface area contributed by atoms with E-state index < -0.39 is 15.9 Å². The molecule has 0 spiro atoms. The number of pyridine rings is 1. The zero-order valence-electron chi connectivity index (χ0n) is 13.4. The maximum atomic E-state index is 12.8. The van der Waals surface area contributed by atoms with Gasteiger partial charge in [0.1, 0.15) is 5.69 Å². The van der Waals surface area contributed by atoms with Gasteiger partial charge < -0.3 is 14.3 Å². The molecule has 0 aliphatic carbocycles. The number of hydrogen-bond acceptors (Lipinski definition) is 7. The molecule has 0 radical (unpaired) electrons. The third-order valence-corrected chi connectivity index (χ3v) is 5.97. The molecule has 4 rings (SSSR count). The lowest BCUT2D eigenvalue weighted by atomic mass is 10.1. The Morgan fingerprint density at radius 1 is 1.40 bits per heavy atom. The number of hydrogen-bond donors (Lipinski definition) is 1. The number of carbonyl (C=O) groups excluding carboxylic acids is 1. The van der Waals surface area contributed by atoms with E-state index in [2.05, 4.69) is 15.5 Å². The highest BCUT2D eigenvalue weighted by Crippen LogP contribution is 2.27. The summed E-state index contributed by atoms with van der Waals surface area (Å²) in [5, 5.41) is 7.17. The Labute approximate surface area is 143 Å². The van der Waals surface area contributed by atoms with Gasteiger partial charge in [-0.2, -0.15) is 0 Å². The lowest BCUT2D eigenvalue weighted by Gasteiger charge is -2.12. The number of rotatable bonds is 3. The summed E-state index contributed by atoms with van der Waals surface area (Å²) in [7, 11) is -3.08. The third-order valence-electron chi connectivity index (χ3n) is 4.20. The van der Waals surface area contributed by atoms with E-state index in [4.69, 9.17) is 8.94 Å². The molecule has 0 unspecified atom stereocenters. The predicted octanol–water partition coefficient (Wildman–Crippen LogP) is 1.71. The Kier molecular flexibility index (Phi) is 3.60. The molecule has 1 aliphatic rings. The van der Waals surface area contributed by atoms with Gasteiger partial charge in [-0.05, 0) is 31.5 Å². The van der Waals surface area contributed by atoms with Crippen LogP contribution in [0.15, 0.2) is 33.4 Å². The number of sulfone groups is 1. The lowest BCUT2D eigenvalue weighted by Crippen LogP contribution is -2.35. The number of fused-ring (bicyclic) bond motifs is 1. The van der Waals surface area contributed by atoms with E-state index in [0.29, 0.717) is 34.5 Å². The molecule has 9 heteroatoms. The van der Waals surface area contributed by atoms with Gasteiger partial charge in [0.2, 0.25) is 0 Å². The van der Waals surface area contributed by atoms with Crippen molar-refractivity contribution >= 4 is 26.8 Å². The number of nitrogens with one attached hydrogen (secondary N) is 1. The molecule has 1 aliphatic heterocycles. The SMILES string of the molecule is Cc1noc2nc(-c3ccco3)cc(C(=O)N[C@H]3CCS(=O)(=O)C3)c12. The largest absolute Gasteiger partial charge is 0.463 e. The van der Waals surface area contributed by atoms with Crippen molar-refractivity contribution in [1.82, 2.24) is 15.5 Å². The van der Waals surface area contributed by atoms with Crippen LogP contribution >= 0.6 is 0 Å². The molecule has 0 aromatic carbocycles. The molecule has 1 fully saturated rings. The second-order valence-electron chi connectivity index (χ2n) is 6.05. The van der Waals surface area contributed by atoms with Crippen molar-refractivity contribution in [3.63, 3.8) is 0 Å². The molecule has 1 atom stereocenters. The summed E-state index contributed by atoms with van der Waals surface area (Å²) < 4.78 is 33.7. The first-order valence-corrected chi connectivity index (χ1v) is 9.57. The fourth-order valence-electron chi connectivity index (χ4n) is 3.00. The van der Waals surface area contributed by atoms with Crippen molar-refractivity contribution < 1.29 is 22.2 Å². The minimum Gasteiger partial charge on any atom is -0.463 e. The van der Waals surface area contributed by atoms with Gasteiger partial charge in [0.15, 0.2) is 15.6 Å². The number of aryl methyl sites for hydroxylation is 1. The first-order valence-electron chi connectivity index (χ1n) is 7.75. The zero-order chi connectivity index (χ0) is 17.6. The molecular weight excluding hydrogens is 346 g/mol. The third kappa shape index (κ3) is 2.91. The molecular formula is C16H15N3O5S. The van der Waals surface area contributed by atoms with Gasteiger partial charge in [-0.15, -0.1) is 0 Å². The molecule has 25 heavy (non-hydrogen) atoms. The van der Waals surface area contributed by atoms with E-state index in [1.165, 1.54) is 6.26 Å². The van der Waals surface area contributed by atoms with Crippen LogP contribution in [0, 0.1) is 6.92 Å². The van der Waals surface area contributed by atoms with Gasteiger partial charge in [0, 0.05) is 6.04 Å². The summed E-state index contributed by atoms with van der Waals surface area (Å²) in [4.78, 5) is 17.1. The van der Waals surface area contributed by atoms with Crippen LogP contribution < -0.4 is 5.32 Å². The molecule has 0 bridgehead atoms. The topological polar surface area (TPSA) is 115 Å². The monoisotopic (exact) mass is 361 g/mol. The van der Waals surface area contributed by atoms with E-state index in [1.807, 2.05) is 0 Å². The van der Waals surface area contributed by atoms with E-state index in [-0.39, 0.29) is 23.1 Å². The first-order chi connectivity index (χ1) is 11.9. The van der Waals surface area contributed by atoms with Crippen LogP contribution in [0.5, 0.6) is 0 Å². The summed E-state index contributed by atoms with van der Waals surface area (Å²) in [6.45, 7) is 1.72. The highest BCUT2D eigenvalue weighted by atomic mass is 32.2. The van der Waals surface area contributed by atoms with Crippen molar-refractivity contribution in [2.24, 2.45) is 0 Å². The van der Waals surface area contributed by atoms with Crippen molar-refractivity contribution in [2.75, 3.05) is 11.5 Å². The highest BCUT2D eigenvalue weighted by Gasteiger charge is 2.30. The Hall–Kier alpha value is -2.68. The molecule has 1 saturated heterocycles. The maximum Gasteiger partial charge on any atom is 0.259 e. The Balaban J connectivity index is 1.74. The smallest absolute Gasteiger partial charge is 0.259 e. The van der Waals surface area contributed by atoms with Crippen molar-refractivity contribution in [2.45, 2.75) is 19.4 Å². The van der Waals surface area contributed by atoms with Crippen molar-refractivity contribution in [1.29, 1.82) is 0 Å². The lowest BCUT2D eigenvalue weighted by molar-refractivity contribution is 0.0942. The fraction of sp³-hybridized carbons (Fsp3) is 0.312. The summed E-state index contributed by atoms with van der Waals surface area (Å²) in [5.41, 5.74) is 1.55. The second kappa shape index (κ2) is 5.69. The minimum absolute atomic E-state index is 0.0410. The van der Waals surface area contributed by atoms with Gasteiger partial charge in [-0.1, -0.05) is 5.16 Å². The zero-order valence-corrected chi connectivity index (χ0v) is 14.2. The number of carbonyl (C=O) groups is 1. The molecule has 1 amide bonds. The summed E-state index contributed by atoms with van der Waals surface area (Å²) in [6.07, 6.45) is 1.92. The van der Waals surface area contributed by atoms with Crippen LogP contribution in [0.1, 0.15) is 22.5 Å². The van der Waals surface area contributed by atoms with Crippen molar-refractivity contribution in [3.05, 3.63) is 35.7 Å². The van der Waals surface area contributed by atoms with Crippen LogP contribution in [0.4, 0.5) is 0 Å². The van der Waals surface area contributed by atoms with Crippen LogP contribution in [0.2, 0.25) is 0 Å². The minimum atomic E-state index is -3.08. The summed E-state index contributed by atoms with van der Waals surface area (Å²) in [5.74, 6) is 0.163. The van der Waals surface area contributed by atoms with Crippen molar-refractivity contribution in [3.8, 4) is 11.5 Å². The quantitative estimate of drug-likeness (QED) is 0.755. The van der Waals surface area contributed by atoms with Gasteiger partial charge >= 0.3 is 0 Å². The van der Waals surface area contributed by atoms with E-state index in [1.54, 1.807) is 25.1 Å². The molecule has 4 heterocycles. The Morgan fingerprint density at radius 3 is 2.92 bits per heavy atom. The summed E-state index contributed by atoms with van der Waals surface area (Å²) in [6, 6.07) is 4.65. The molecule has 0 saturated carbocycles. The van der Waals surface area contributed by atoms with Crippen LogP contribution in [-0.4, -0.2) is 42.0 Å². The molecule has 130 valence electrons. The molecule has 1 N–H and O–H groups in total. The molecule has 3 aromatic rings. The van der Waals surface area contributed by atoms with Gasteiger partial charge in [0.25, 0.3) is 11.6 Å². The number of aromatic nitrogens is 2. The first kappa shape index (κ1) is 15.8. The average Bonchev–Trinajstić information content (AvgIpc) is 3.28. The van der Waals surface area contributed by atoms with Crippen LogP contribution in [0.25, 0.3) is 22.6 Å². The fourth-order valence-corrected chi connectivity index (χ4v) is 4.67. The molecule has 8 nitrogen and oxygen atoms in total. The average molecular weight is 361 g/mol. The van der Waals surface area contributed by atoms with Crippen LogP contribution in [-0.2, 0) is 9.84 Å². The van der Waals surface area contributed by atoms with Gasteiger partial charge in [-0.3, -0.25) is 4.79 Å². The highest BCUT2D eigenvalue weighted by molar-refractivity contribution is 7.91. The van der Waals surface area contributed by atoms with Gasteiger partial charge in [-0.25, -0.2) is 13.4 Å². The Morgan fingerprint density at radius 2 is 2.24 bits per heavy atom. The van der Waals surface area contributed by atoms with E-state index in [9.17, 15) is 13.2 Å². The number of furan rings is 1. The number of nitrogens with zero attached hydrogens (tertiary/aromatic N) is 2.